The van der Waals surface area contributed by atoms with Crippen LogP contribution in [0.2, 0.25) is 0 Å². The maximum Gasteiger partial charge on any atom is 0.573 e. The Morgan fingerprint density at radius 3 is 2.87 bits per heavy atom. The van der Waals surface area contributed by atoms with Gasteiger partial charge in [0.25, 0.3) is 0 Å². The summed E-state index contributed by atoms with van der Waals surface area (Å²) in [6.45, 7) is 4.02. The fourth-order valence-corrected chi connectivity index (χ4v) is 2.79. The van der Waals surface area contributed by atoms with E-state index in [0.717, 1.165) is 25.9 Å². The molecule has 1 unspecified atom stereocenters. The van der Waals surface area contributed by atoms with E-state index in [4.69, 9.17) is 0 Å². The van der Waals surface area contributed by atoms with Crippen molar-refractivity contribution in [2.75, 3.05) is 13.1 Å². The third kappa shape index (κ3) is 5.42. The highest BCUT2D eigenvalue weighted by molar-refractivity contribution is 5.78. The molecule has 23 heavy (non-hydrogen) atoms. The molecule has 0 saturated carbocycles. The molecule has 1 aromatic carbocycles. The fraction of sp³-hybridized carbons (Fsp3) is 0.562. The van der Waals surface area contributed by atoms with E-state index < -0.39 is 6.36 Å². The van der Waals surface area contributed by atoms with Gasteiger partial charge in [0.1, 0.15) is 5.75 Å². The van der Waals surface area contributed by atoms with Gasteiger partial charge in [-0.05, 0) is 43.6 Å². The van der Waals surface area contributed by atoms with Gasteiger partial charge in [-0.3, -0.25) is 4.79 Å². The number of carbonyl (C=O) groups is 1. The summed E-state index contributed by atoms with van der Waals surface area (Å²) in [6, 6.07) is 5.93. The van der Waals surface area contributed by atoms with Crippen LogP contribution >= 0.6 is 0 Å². The quantitative estimate of drug-likeness (QED) is 0.781. The number of nitrogens with one attached hydrogen (secondary N) is 1. The lowest BCUT2D eigenvalue weighted by molar-refractivity contribution is -0.274. The first-order valence-electron chi connectivity index (χ1n) is 7.74. The first-order valence-corrected chi connectivity index (χ1v) is 7.74. The van der Waals surface area contributed by atoms with Crippen LogP contribution < -0.4 is 10.1 Å². The Morgan fingerprint density at radius 1 is 1.39 bits per heavy atom. The molecule has 1 aromatic rings. The predicted molar refractivity (Wildman–Crippen MR) is 79.9 cm³/mol. The first kappa shape index (κ1) is 17.6. The minimum Gasteiger partial charge on any atom is -0.406 e. The molecular formula is C16H21F3N2O2. The van der Waals surface area contributed by atoms with Gasteiger partial charge in [-0.1, -0.05) is 19.1 Å². The second kappa shape index (κ2) is 7.68. The highest BCUT2D eigenvalue weighted by atomic mass is 19.4. The van der Waals surface area contributed by atoms with Crippen molar-refractivity contribution in [3.8, 4) is 5.75 Å². The van der Waals surface area contributed by atoms with Crippen LogP contribution in [0, 0.1) is 0 Å². The van der Waals surface area contributed by atoms with E-state index in [9.17, 15) is 18.0 Å². The van der Waals surface area contributed by atoms with Gasteiger partial charge >= 0.3 is 6.36 Å². The highest BCUT2D eigenvalue weighted by Gasteiger charge is 2.32. The Morgan fingerprint density at radius 2 is 2.17 bits per heavy atom. The number of amides is 1. The van der Waals surface area contributed by atoms with Crippen LogP contribution in [0.1, 0.15) is 31.7 Å². The molecule has 1 heterocycles. The Labute approximate surface area is 133 Å². The Bertz CT molecular complexity index is 534. The Balaban J connectivity index is 2.01. The van der Waals surface area contributed by atoms with Crippen molar-refractivity contribution < 1.29 is 22.7 Å². The maximum absolute atomic E-state index is 12.3. The smallest absolute Gasteiger partial charge is 0.406 e. The minimum atomic E-state index is -4.71. The van der Waals surface area contributed by atoms with Crippen LogP contribution in [-0.4, -0.2) is 36.3 Å². The maximum atomic E-state index is 12.3. The zero-order valence-corrected chi connectivity index (χ0v) is 13.0. The highest BCUT2D eigenvalue weighted by Crippen LogP contribution is 2.27. The molecule has 0 bridgehead atoms. The normalized spacial score (nSPS) is 18.5. The number of carbonyl (C=O) groups excluding carboxylic acids is 1. The Hall–Kier alpha value is -1.76. The van der Waals surface area contributed by atoms with Crippen LogP contribution in [-0.2, 0) is 11.3 Å². The number of ether oxygens (including phenoxy) is 1. The number of likely N-dealkylation sites (tertiary alicyclic amines) is 1. The van der Waals surface area contributed by atoms with Crippen molar-refractivity contribution in [1.29, 1.82) is 0 Å². The van der Waals surface area contributed by atoms with E-state index >= 15 is 0 Å². The topological polar surface area (TPSA) is 41.6 Å². The molecule has 1 atom stereocenters. The number of hydrogen-bond acceptors (Lipinski definition) is 3. The molecule has 1 amide bonds. The van der Waals surface area contributed by atoms with E-state index in [2.05, 4.69) is 10.1 Å². The number of halogens is 3. The summed E-state index contributed by atoms with van der Waals surface area (Å²) >= 11 is 0. The van der Waals surface area contributed by atoms with E-state index in [-0.39, 0.29) is 17.7 Å². The first-order chi connectivity index (χ1) is 10.9. The van der Waals surface area contributed by atoms with Crippen molar-refractivity contribution in [2.24, 2.45) is 0 Å². The third-order valence-corrected chi connectivity index (χ3v) is 3.84. The molecular weight excluding hydrogens is 309 g/mol. The van der Waals surface area contributed by atoms with Crippen molar-refractivity contribution in [1.82, 2.24) is 10.2 Å². The summed E-state index contributed by atoms with van der Waals surface area (Å²) < 4.78 is 40.8. The zero-order chi connectivity index (χ0) is 16.9. The van der Waals surface area contributed by atoms with Gasteiger partial charge < -0.3 is 15.0 Å². The van der Waals surface area contributed by atoms with Crippen molar-refractivity contribution in [3.63, 3.8) is 0 Å². The lowest BCUT2D eigenvalue weighted by Gasteiger charge is -2.25. The molecule has 1 fully saturated rings. The molecule has 128 valence electrons. The predicted octanol–water partition coefficient (Wildman–Crippen LogP) is 3.08. The van der Waals surface area contributed by atoms with Gasteiger partial charge in [0, 0.05) is 19.0 Å². The zero-order valence-electron chi connectivity index (χ0n) is 13.0. The van der Waals surface area contributed by atoms with E-state index in [0.29, 0.717) is 18.5 Å². The van der Waals surface area contributed by atoms with Crippen LogP contribution in [0.4, 0.5) is 13.2 Å². The van der Waals surface area contributed by atoms with Gasteiger partial charge in [-0.2, -0.15) is 0 Å². The monoisotopic (exact) mass is 330 g/mol. The summed E-state index contributed by atoms with van der Waals surface area (Å²) in [7, 11) is 0. The molecule has 1 N–H and O–H groups in total. The fourth-order valence-electron chi connectivity index (χ4n) is 2.79. The van der Waals surface area contributed by atoms with E-state index in [1.165, 1.54) is 18.2 Å². The standard InChI is InChI=1S/C16H21F3N2O2/c1-2-20-9-8-13-6-7-15(22)21(13)11-12-4-3-5-14(10-12)23-16(17,18)19/h3-5,10,13,20H,2,6-9,11H2,1H3. The number of benzene rings is 1. The summed E-state index contributed by atoms with van der Waals surface area (Å²) in [5, 5.41) is 3.23. The third-order valence-electron chi connectivity index (χ3n) is 3.84. The molecule has 0 aromatic heterocycles. The number of rotatable bonds is 7. The molecule has 1 aliphatic rings. The minimum absolute atomic E-state index is 0.0497. The molecule has 0 aliphatic carbocycles. The lowest BCUT2D eigenvalue weighted by Crippen LogP contribution is -2.34. The number of hydrogen-bond donors (Lipinski definition) is 1. The van der Waals surface area contributed by atoms with Crippen LogP contribution in [0.15, 0.2) is 24.3 Å². The van der Waals surface area contributed by atoms with Crippen LogP contribution in [0.3, 0.4) is 0 Å². The molecule has 4 nitrogen and oxygen atoms in total. The van der Waals surface area contributed by atoms with E-state index in [1.54, 1.807) is 11.0 Å². The molecule has 1 saturated heterocycles. The van der Waals surface area contributed by atoms with Gasteiger partial charge in [-0.25, -0.2) is 0 Å². The van der Waals surface area contributed by atoms with Gasteiger partial charge in [0.15, 0.2) is 0 Å². The largest absolute Gasteiger partial charge is 0.573 e. The Kier molecular flexibility index (Phi) is 5.87. The van der Waals surface area contributed by atoms with Crippen LogP contribution in [0.5, 0.6) is 5.75 Å². The summed E-state index contributed by atoms with van der Waals surface area (Å²) in [5.74, 6) is -0.209. The van der Waals surface area contributed by atoms with Crippen molar-refractivity contribution in [3.05, 3.63) is 29.8 Å². The van der Waals surface area contributed by atoms with Crippen molar-refractivity contribution in [2.45, 2.75) is 45.1 Å². The second-order valence-electron chi connectivity index (χ2n) is 5.55. The molecule has 0 radical (unpaired) electrons. The lowest BCUT2D eigenvalue weighted by atomic mass is 10.1. The summed E-state index contributed by atoms with van der Waals surface area (Å²) in [6.07, 6.45) is -2.58. The van der Waals surface area contributed by atoms with Crippen LogP contribution in [0.25, 0.3) is 0 Å². The average molecular weight is 330 g/mol. The molecule has 7 heteroatoms. The summed E-state index contributed by atoms with van der Waals surface area (Å²) in [4.78, 5) is 13.8. The molecule has 2 rings (SSSR count). The second-order valence-corrected chi connectivity index (χ2v) is 5.55. The number of nitrogens with zero attached hydrogens (tertiary/aromatic N) is 1. The van der Waals surface area contributed by atoms with Gasteiger partial charge in [-0.15, -0.1) is 13.2 Å². The summed E-state index contributed by atoms with van der Waals surface area (Å²) in [5.41, 5.74) is 0.635. The SMILES string of the molecule is CCNCCC1CCC(=O)N1Cc1cccc(OC(F)(F)F)c1. The van der Waals surface area contributed by atoms with E-state index in [1.807, 2.05) is 6.92 Å². The van der Waals surface area contributed by atoms with Gasteiger partial charge in [0.2, 0.25) is 5.91 Å². The van der Waals surface area contributed by atoms with Crippen molar-refractivity contribution >= 4 is 5.91 Å². The molecule has 0 spiro atoms. The van der Waals surface area contributed by atoms with Gasteiger partial charge in [0.05, 0.1) is 0 Å². The average Bonchev–Trinajstić information content (AvgIpc) is 2.79. The molecule has 1 aliphatic heterocycles. The number of alkyl halides is 3.